The topological polar surface area (TPSA) is 29.1 Å². The summed E-state index contributed by atoms with van der Waals surface area (Å²) in [4.78, 5) is 10.1. The van der Waals surface area contributed by atoms with Crippen LogP contribution in [-0.4, -0.2) is 19.9 Å². The highest BCUT2D eigenvalue weighted by Gasteiger charge is 1.98. The molecule has 0 heterocycles. The van der Waals surface area contributed by atoms with Crippen LogP contribution < -0.4 is 5.32 Å². The van der Waals surface area contributed by atoms with E-state index in [1.165, 1.54) is 25.0 Å². The highest BCUT2D eigenvalue weighted by molar-refractivity contribution is 5.75. The molecule has 16 heavy (non-hydrogen) atoms. The van der Waals surface area contributed by atoms with E-state index in [1.807, 2.05) is 7.05 Å². The second-order valence-electron chi connectivity index (χ2n) is 3.60. The van der Waals surface area contributed by atoms with E-state index < -0.39 is 5.82 Å². The third-order valence-electron chi connectivity index (χ3n) is 2.06. The van der Waals surface area contributed by atoms with Crippen LogP contribution in [-0.2, 0) is 0 Å². The maximum absolute atomic E-state index is 12.6. The third kappa shape index (κ3) is 6.30. The zero-order valence-corrected chi connectivity index (χ0v) is 10.2. The number of rotatable bonds is 4. The van der Waals surface area contributed by atoms with Crippen molar-refractivity contribution in [2.75, 3.05) is 13.6 Å². The van der Waals surface area contributed by atoms with Crippen LogP contribution in [0.5, 0.6) is 0 Å². The lowest BCUT2D eigenvalue weighted by molar-refractivity contribution is 0.112. The summed E-state index contributed by atoms with van der Waals surface area (Å²) >= 11 is 0. The van der Waals surface area contributed by atoms with E-state index in [4.69, 9.17) is 0 Å². The Labute approximate surface area is 96.9 Å². The van der Waals surface area contributed by atoms with Crippen LogP contribution in [0.1, 0.15) is 35.7 Å². The minimum Gasteiger partial charge on any atom is -0.320 e. The molecule has 0 saturated heterocycles. The number of carbonyl (C=O) groups is 1. The van der Waals surface area contributed by atoms with Crippen molar-refractivity contribution in [3.05, 3.63) is 35.1 Å². The Bertz CT molecular complexity index is 309. The molecule has 0 saturated carbocycles. The zero-order valence-electron chi connectivity index (χ0n) is 10.2. The van der Waals surface area contributed by atoms with Gasteiger partial charge in [-0.3, -0.25) is 4.79 Å². The molecule has 0 aliphatic carbocycles. The first-order chi connectivity index (χ1) is 7.65. The van der Waals surface area contributed by atoms with Crippen molar-refractivity contribution in [1.82, 2.24) is 5.32 Å². The standard InChI is InChI=1S/C8H7FO.C5H13N/c1-6-2-3-7(5-10)8(9)4-6;1-3-4-5-6-2/h2-5H,1H3;6H,3-5H2,1-2H3. The van der Waals surface area contributed by atoms with Gasteiger partial charge in [-0.25, -0.2) is 4.39 Å². The Balaban J connectivity index is 0.000000325. The summed E-state index contributed by atoms with van der Waals surface area (Å²) in [6, 6.07) is 4.51. The number of carbonyl (C=O) groups excluding carboxylic acids is 1. The predicted octanol–water partition coefficient (Wildman–Crippen LogP) is 2.95. The lowest BCUT2D eigenvalue weighted by Crippen LogP contribution is -2.06. The Hall–Kier alpha value is -1.22. The fourth-order valence-corrected chi connectivity index (χ4v) is 1.08. The van der Waals surface area contributed by atoms with Gasteiger partial charge in [0.15, 0.2) is 6.29 Å². The Morgan fingerprint density at radius 3 is 2.50 bits per heavy atom. The first-order valence-electron chi connectivity index (χ1n) is 5.51. The van der Waals surface area contributed by atoms with Crippen molar-refractivity contribution >= 4 is 6.29 Å². The molecule has 1 rings (SSSR count). The van der Waals surface area contributed by atoms with Crippen molar-refractivity contribution in [2.45, 2.75) is 26.7 Å². The second-order valence-corrected chi connectivity index (χ2v) is 3.60. The first-order valence-corrected chi connectivity index (χ1v) is 5.51. The molecule has 0 fully saturated rings. The van der Waals surface area contributed by atoms with Crippen molar-refractivity contribution < 1.29 is 9.18 Å². The summed E-state index contributed by atoms with van der Waals surface area (Å²) in [5.74, 6) is -0.449. The van der Waals surface area contributed by atoms with Crippen LogP contribution in [0, 0.1) is 12.7 Å². The van der Waals surface area contributed by atoms with E-state index in [2.05, 4.69) is 12.2 Å². The van der Waals surface area contributed by atoms with Gasteiger partial charge in [0.05, 0.1) is 5.56 Å². The van der Waals surface area contributed by atoms with Gasteiger partial charge in [0.25, 0.3) is 0 Å². The van der Waals surface area contributed by atoms with Gasteiger partial charge in [-0.1, -0.05) is 19.4 Å². The number of hydrogen-bond acceptors (Lipinski definition) is 2. The number of hydrogen-bond donors (Lipinski definition) is 1. The molecular formula is C13H20FNO. The van der Waals surface area contributed by atoms with E-state index in [1.54, 1.807) is 13.0 Å². The summed E-state index contributed by atoms with van der Waals surface area (Å²) < 4.78 is 12.6. The minimum absolute atomic E-state index is 0.116. The molecule has 1 aromatic carbocycles. The summed E-state index contributed by atoms with van der Waals surface area (Å²) in [6.45, 7) is 5.13. The van der Waals surface area contributed by atoms with Gasteiger partial charge in [-0.05, 0) is 44.6 Å². The molecular weight excluding hydrogens is 205 g/mol. The summed E-state index contributed by atoms with van der Waals surface area (Å²) in [7, 11) is 1.98. The molecule has 1 N–H and O–H groups in total. The molecule has 1 aromatic rings. The molecule has 0 aromatic heterocycles. The number of nitrogens with one attached hydrogen (secondary N) is 1. The molecule has 0 amide bonds. The third-order valence-corrected chi connectivity index (χ3v) is 2.06. The minimum atomic E-state index is -0.449. The highest BCUT2D eigenvalue weighted by atomic mass is 19.1. The van der Waals surface area contributed by atoms with Gasteiger partial charge < -0.3 is 5.32 Å². The molecule has 90 valence electrons. The van der Waals surface area contributed by atoms with Crippen LogP contribution in [0.4, 0.5) is 4.39 Å². The van der Waals surface area contributed by atoms with Gasteiger partial charge in [0.2, 0.25) is 0 Å². The smallest absolute Gasteiger partial charge is 0.152 e. The molecule has 3 heteroatoms. The quantitative estimate of drug-likeness (QED) is 0.630. The van der Waals surface area contributed by atoms with Crippen molar-refractivity contribution in [3.8, 4) is 0 Å². The summed E-state index contributed by atoms with van der Waals surface area (Å²) in [6.07, 6.45) is 3.10. The molecule has 2 nitrogen and oxygen atoms in total. The van der Waals surface area contributed by atoms with Gasteiger partial charge in [0, 0.05) is 0 Å². The Kier molecular flexibility index (Phi) is 8.35. The second kappa shape index (κ2) is 9.04. The zero-order chi connectivity index (χ0) is 12.4. The van der Waals surface area contributed by atoms with Crippen molar-refractivity contribution in [3.63, 3.8) is 0 Å². The summed E-state index contributed by atoms with van der Waals surface area (Å²) in [5.41, 5.74) is 0.939. The first kappa shape index (κ1) is 14.8. The molecule has 0 aliphatic heterocycles. The van der Waals surface area contributed by atoms with Gasteiger partial charge >= 0.3 is 0 Å². The van der Waals surface area contributed by atoms with Crippen LogP contribution >= 0.6 is 0 Å². The fourth-order valence-electron chi connectivity index (χ4n) is 1.08. The van der Waals surface area contributed by atoms with E-state index in [9.17, 15) is 9.18 Å². The lowest BCUT2D eigenvalue weighted by Gasteiger charge is -1.94. The van der Waals surface area contributed by atoms with Crippen LogP contribution in [0.2, 0.25) is 0 Å². The summed E-state index contributed by atoms with van der Waals surface area (Å²) in [5, 5.41) is 3.07. The largest absolute Gasteiger partial charge is 0.320 e. The number of aryl methyl sites for hydroxylation is 1. The normalized spacial score (nSPS) is 9.25. The fraction of sp³-hybridized carbons (Fsp3) is 0.462. The van der Waals surface area contributed by atoms with E-state index in [0.29, 0.717) is 6.29 Å². The molecule has 0 radical (unpaired) electrons. The van der Waals surface area contributed by atoms with Gasteiger partial charge in [-0.15, -0.1) is 0 Å². The Morgan fingerprint density at radius 1 is 1.44 bits per heavy atom. The van der Waals surface area contributed by atoms with Gasteiger partial charge in [-0.2, -0.15) is 0 Å². The predicted molar refractivity (Wildman–Crippen MR) is 65.4 cm³/mol. The number of aldehydes is 1. The molecule has 0 unspecified atom stereocenters. The molecule has 0 atom stereocenters. The van der Waals surface area contributed by atoms with Crippen LogP contribution in [0.3, 0.4) is 0 Å². The van der Waals surface area contributed by atoms with E-state index in [0.717, 1.165) is 12.1 Å². The number of halogens is 1. The average Bonchev–Trinajstić information content (AvgIpc) is 2.27. The van der Waals surface area contributed by atoms with Crippen molar-refractivity contribution in [2.24, 2.45) is 0 Å². The average molecular weight is 225 g/mol. The maximum atomic E-state index is 12.6. The van der Waals surface area contributed by atoms with Crippen LogP contribution in [0.25, 0.3) is 0 Å². The van der Waals surface area contributed by atoms with E-state index in [-0.39, 0.29) is 5.56 Å². The lowest BCUT2D eigenvalue weighted by atomic mass is 10.1. The number of benzene rings is 1. The monoisotopic (exact) mass is 225 g/mol. The maximum Gasteiger partial charge on any atom is 0.152 e. The Morgan fingerprint density at radius 2 is 2.12 bits per heavy atom. The highest BCUT2D eigenvalue weighted by Crippen LogP contribution is 2.06. The molecule has 0 bridgehead atoms. The molecule has 0 spiro atoms. The van der Waals surface area contributed by atoms with Crippen LogP contribution in [0.15, 0.2) is 18.2 Å². The SMILES string of the molecule is CCCCNC.Cc1ccc(C=O)c(F)c1. The van der Waals surface area contributed by atoms with E-state index >= 15 is 0 Å². The van der Waals surface area contributed by atoms with Gasteiger partial charge in [0.1, 0.15) is 5.82 Å². The molecule has 0 aliphatic rings. The number of unbranched alkanes of at least 4 members (excludes halogenated alkanes) is 1. The van der Waals surface area contributed by atoms with Crippen molar-refractivity contribution in [1.29, 1.82) is 0 Å².